The van der Waals surface area contributed by atoms with Crippen LogP contribution in [0.15, 0.2) is 47.4 Å². The number of carbonyl (C=O) groups is 1. The monoisotopic (exact) mass is 414 g/mol. The number of piperidine rings is 1. The summed E-state index contributed by atoms with van der Waals surface area (Å²) in [6, 6.07) is 10.9. The first-order chi connectivity index (χ1) is 14.5. The highest BCUT2D eigenvalue weighted by Gasteiger charge is 2.31. The molecule has 0 radical (unpaired) electrons. The van der Waals surface area contributed by atoms with Gasteiger partial charge in [-0.15, -0.1) is 0 Å². The molecule has 1 aromatic carbocycles. The van der Waals surface area contributed by atoms with Crippen LogP contribution in [0.3, 0.4) is 0 Å². The van der Waals surface area contributed by atoms with E-state index in [0.29, 0.717) is 26.2 Å². The average molecular weight is 415 g/mol. The summed E-state index contributed by atoms with van der Waals surface area (Å²) >= 11 is 0. The number of likely N-dealkylation sites (tertiary alicyclic amines) is 1. The Labute approximate surface area is 177 Å². The van der Waals surface area contributed by atoms with Gasteiger partial charge in [0.2, 0.25) is 0 Å². The number of nitrogens with zero attached hydrogens (tertiary/aromatic N) is 4. The van der Waals surface area contributed by atoms with Gasteiger partial charge in [0.25, 0.3) is 11.5 Å². The van der Waals surface area contributed by atoms with Crippen LogP contribution >= 0.6 is 0 Å². The van der Waals surface area contributed by atoms with Crippen molar-refractivity contribution in [3.8, 4) is 0 Å². The van der Waals surface area contributed by atoms with Gasteiger partial charge >= 0.3 is 0 Å². The molecule has 1 saturated heterocycles. The van der Waals surface area contributed by atoms with Crippen molar-refractivity contribution in [2.45, 2.75) is 25.0 Å². The second-order valence-corrected chi connectivity index (χ2v) is 7.52. The van der Waals surface area contributed by atoms with Crippen LogP contribution < -0.4 is 10.5 Å². The molecule has 2 atom stereocenters. The molecule has 2 heterocycles. The Morgan fingerprint density at radius 3 is 2.73 bits per heavy atom. The maximum Gasteiger partial charge on any atom is 0.269 e. The van der Waals surface area contributed by atoms with Crippen LogP contribution in [0.2, 0.25) is 0 Å². The molecule has 0 N–H and O–H groups in total. The highest BCUT2D eigenvalue weighted by atomic mass is 16.5. The van der Waals surface area contributed by atoms with Crippen LogP contribution in [0.4, 0.5) is 5.69 Å². The third-order valence-corrected chi connectivity index (χ3v) is 5.50. The molecule has 0 bridgehead atoms. The van der Waals surface area contributed by atoms with Crippen molar-refractivity contribution in [1.29, 1.82) is 0 Å². The van der Waals surface area contributed by atoms with Gasteiger partial charge in [-0.3, -0.25) is 9.59 Å². The Kier molecular flexibility index (Phi) is 7.59. The van der Waals surface area contributed by atoms with Crippen LogP contribution in [0.5, 0.6) is 0 Å². The first kappa shape index (κ1) is 22.0. The van der Waals surface area contributed by atoms with Crippen molar-refractivity contribution < 1.29 is 14.3 Å². The normalized spacial score (nSPS) is 17.6. The van der Waals surface area contributed by atoms with E-state index in [0.717, 1.165) is 24.1 Å². The number of aromatic nitrogens is 2. The molecule has 1 fully saturated rings. The predicted molar refractivity (Wildman–Crippen MR) is 115 cm³/mol. The van der Waals surface area contributed by atoms with Gasteiger partial charge in [-0.2, -0.15) is 5.10 Å². The Morgan fingerprint density at radius 2 is 2.07 bits per heavy atom. The number of hydrogen-bond acceptors (Lipinski definition) is 6. The topological polar surface area (TPSA) is 76.9 Å². The molecule has 0 unspecified atom stereocenters. The lowest BCUT2D eigenvalue weighted by Crippen LogP contribution is -2.45. The molecule has 30 heavy (non-hydrogen) atoms. The van der Waals surface area contributed by atoms with Gasteiger partial charge in [0, 0.05) is 47.0 Å². The molecule has 8 nitrogen and oxygen atoms in total. The second kappa shape index (κ2) is 10.4. The lowest BCUT2D eigenvalue weighted by molar-refractivity contribution is -0.144. The van der Waals surface area contributed by atoms with Crippen LogP contribution in [-0.2, 0) is 14.3 Å². The van der Waals surface area contributed by atoms with Crippen LogP contribution in [0, 0.1) is 0 Å². The van der Waals surface area contributed by atoms with E-state index in [1.165, 1.54) is 4.68 Å². The summed E-state index contributed by atoms with van der Waals surface area (Å²) in [6.45, 7) is 2.33. The number of anilines is 1. The maximum absolute atomic E-state index is 13.1. The SMILES string of the molecule is COCCN(C)c1cnn([C@@H]2CCCN(C(=O)[C@@H](OC)c3ccccc3)C2)c(=O)c1. The molecule has 1 amide bonds. The molecule has 2 aromatic rings. The Hall–Kier alpha value is -2.71. The third kappa shape index (κ3) is 5.06. The second-order valence-electron chi connectivity index (χ2n) is 7.52. The Bertz CT molecular complexity index is 886. The van der Waals surface area contributed by atoms with Gasteiger partial charge in [0.05, 0.1) is 24.5 Å². The molecule has 3 rings (SSSR count). The molecule has 1 aliphatic heterocycles. The largest absolute Gasteiger partial charge is 0.383 e. The standard InChI is InChI=1S/C22H30N4O4/c1-24(12-13-29-2)19-14-20(27)26(23-15-19)18-10-7-11-25(16-18)22(28)21(30-3)17-8-5-4-6-9-17/h4-6,8-9,14-15,18,21H,7,10-13,16H2,1-3H3/t18-,21+/m1/s1. The number of hydrogen-bond donors (Lipinski definition) is 0. The van der Waals surface area contributed by atoms with Crippen molar-refractivity contribution >= 4 is 11.6 Å². The fraction of sp³-hybridized carbons (Fsp3) is 0.500. The number of ether oxygens (including phenoxy) is 2. The number of rotatable bonds is 8. The van der Waals surface area contributed by atoms with E-state index in [2.05, 4.69) is 5.10 Å². The smallest absolute Gasteiger partial charge is 0.269 e. The predicted octanol–water partition coefficient (Wildman–Crippen LogP) is 1.88. The molecular formula is C22H30N4O4. The summed E-state index contributed by atoms with van der Waals surface area (Å²) in [6.07, 6.45) is 2.66. The molecule has 1 aromatic heterocycles. The fourth-order valence-electron chi connectivity index (χ4n) is 3.78. The number of amides is 1. The summed E-state index contributed by atoms with van der Waals surface area (Å²) in [7, 11) is 5.09. The summed E-state index contributed by atoms with van der Waals surface area (Å²) < 4.78 is 12.1. The number of methoxy groups -OCH3 is 2. The van der Waals surface area contributed by atoms with Crippen molar-refractivity contribution in [2.75, 3.05) is 52.4 Å². The van der Waals surface area contributed by atoms with E-state index in [-0.39, 0.29) is 17.5 Å². The Balaban J connectivity index is 1.73. The van der Waals surface area contributed by atoms with Crippen LogP contribution in [-0.4, -0.2) is 68.1 Å². The minimum atomic E-state index is -0.647. The number of likely N-dealkylation sites (N-methyl/N-ethyl adjacent to an activating group) is 1. The highest BCUT2D eigenvalue weighted by molar-refractivity contribution is 5.82. The summed E-state index contributed by atoms with van der Waals surface area (Å²) in [5, 5.41) is 4.40. The number of carbonyl (C=O) groups excluding carboxylic acids is 1. The summed E-state index contributed by atoms with van der Waals surface area (Å²) in [5.74, 6) is -0.0858. The molecule has 8 heteroatoms. The molecule has 162 valence electrons. The zero-order chi connectivity index (χ0) is 21.5. The van der Waals surface area contributed by atoms with Gasteiger partial charge in [-0.25, -0.2) is 4.68 Å². The van der Waals surface area contributed by atoms with E-state index >= 15 is 0 Å². The molecule has 0 saturated carbocycles. The first-order valence-electron chi connectivity index (χ1n) is 10.2. The lowest BCUT2D eigenvalue weighted by atomic mass is 10.0. The van der Waals surface area contributed by atoms with E-state index in [1.54, 1.807) is 31.4 Å². The van der Waals surface area contributed by atoms with E-state index in [9.17, 15) is 9.59 Å². The summed E-state index contributed by atoms with van der Waals surface area (Å²) in [4.78, 5) is 29.5. The van der Waals surface area contributed by atoms with Gasteiger partial charge in [0.15, 0.2) is 6.10 Å². The summed E-state index contributed by atoms with van der Waals surface area (Å²) in [5.41, 5.74) is 1.41. The Morgan fingerprint density at radius 1 is 1.30 bits per heavy atom. The van der Waals surface area contributed by atoms with Crippen molar-refractivity contribution in [2.24, 2.45) is 0 Å². The first-order valence-corrected chi connectivity index (χ1v) is 10.2. The number of benzene rings is 1. The van der Waals surface area contributed by atoms with Gasteiger partial charge in [-0.05, 0) is 18.4 Å². The maximum atomic E-state index is 13.1. The van der Waals surface area contributed by atoms with E-state index in [4.69, 9.17) is 9.47 Å². The minimum Gasteiger partial charge on any atom is -0.383 e. The molecular weight excluding hydrogens is 384 g/mol. The van der Waals surface area contributed by atoms with Gasteiger partial charge < -0.3 is 19.3 Å². The van der Waals surface area contributed by atoms with Crippen molar-refractivity contribution in [1.82, 2.24) is 14.7 Å². The van der Waals surface area contributed by atoms with Crippen LogP contribution in [0.1, 0.15) is 30.6 Å². The van der Waals surface area contributed by atoms with Gasteiger partial charge in [0.1, 0.15) is 0 Å². The zero-order valence-electron chi connectivity index (χ0n) is 17.9. The van der Waals surface area contributed by atoms with Crippen LogP contribution in [0.25, 0.3) is 0 Å². The van der Waals surface area contributed by atoms with Crippen molar-refractivity contribution in [3.63, 3.8) is 0 Å². The molecule has 1 aliphatic rings. The fourth-order valence-corrected chi connectivity index (χ4v) is 3.78. The zero-order valence-corrected chi connectivity index (χ0v) is 17.9. The van der Waals surface area contributed by atoms with E-state index in [1.807, 2.05) is 42.3 Å². The molecule has 0 spiro atoms. The quantitative estimate of drug-likeness (QED) is 0.656. The van der Waals surface area contributed by atoms with E-state index < -0.39 is 6.10 Å². The third-order valence-electron chi connectivity index (χ3n) is 5.50. The minimum absolute atomic E-state index is 0.0858. The average Bonchev–Trinajstić information content (AvgIpc) is 2.78. The van der Waals surface area contributed by atoms with Gasteiger partial charge in [-0.1, -0.05) is 30.3 Å². The van der Waals surface area contributed by atoms with Crippen molar-refractivity contribution in [3.05, 3.63) is 58.5 Å². The highest BCUT2D eigenvalue weighted by Crippen LogP contribution is 2.25. The lowest BCUT2D eigenvalue weighted by Gasteiger charge is -2.35. The molecule has 0 aliphatic carbocycles.